The minimum Gasteiger partial charge on any atom is -0.368 e. The van der Waals surface area contributed by atoms with Crippen LogP contribution in [0.4, 0.5) is 5.95 Å². The van der Waals surface area contributed by atoms with E-state index in [-0.39, 0.29) is 0 Å². The van der Waals surface area contributed by atoms with E-state index >= 15 is 0 Å². The van der Waals surface area contributed by atoms with Gasteiger partial charge in [0.25, 0.3) is 0 Å². The number of aromatic nitrogens is 2. The molecule has 0 aromatic carbocycles. The number of nitrogens with zero attached hydrogens (tertiary/aromatic N) is 4. The number of likely N-dealkylation sites (tertiary alicyclic amines) is 1. The average Bonchev–Trinajstić information content (AvgIpc) is 2.35. The number of rotatable bonds is 4. The Morgan fingerprint density at radius 3 is 2.78 bits per heavy atom. The molecule has 0 aliphatic carbocycles. The molecular weight excluding hydrogens is 226 g/mol. The van der Waals surface area contributed by atoms with E-state index in [0.717, 1.165) is 18.7 Å². The second-order valence-corrected chi connectivity index (χ2v) is 5.28. The van der Waals surface area contributed by atoms with Crippen LogP contribution in [0.3, 0.4) is 0 Å². The lowest BCUT2D eigenvalue weighted by atomic mass is 10.0. The summed E-state index contributed by atoms with van der Waals surface area (Å²) in [5.41, 5.74) is 6.60. The van der Waals surface area contributed by atoms with Crippen LogP contribution in [-0.4, -0.2) is 53.0 Å². The van der Waals surface area contributed by atoms with E-state index in [4.69, 9.17) is 5.73 Å². The van der Waals surface area contributed by atoms with Crippen molar-refractivity contribution < 1.29 is 0 Å². The highest BCUT2D eigenvalue weighted by molar-refractivity contribution is 5.16. The van der Waals surface area contributed by atoms with Crippen molar-refractivity contribution in [1.29, 1.82) is 0 Å². The van der Waals surface area contributed by atoms with Gasteiger partial charge in [0.05, 0.1) is 0 Å². The van der Waals surface area contributed by atoms with E-state index < -0.39 is 0 Å². The van der Waals surface area contributed by atoms with Gasteiger partial charge in [-0.25, -0.2) is 9.97 Å². The topological polar surface area (TPSA) is 58.3 Å². The maximum Gasteiger partial charge on any atom is 0.219 e. The molecule has 1 atom stereocenters. The lowest BCUT2D eigenvalue weighted by Gasteiger charge is -2.35. The zero-order valence-corrected chi connectivity index (χ0v) is 11.3. The fourth-order valence-electron chi connectivity index (χ4n) is 2.56. The van der Waals surface area contributed by atoms with Gasteiger partial charge in [0.1, 0.15) is 0 Å². The number of hydrogen-bond acceptors (Lipinski definition) is 5. The molecule has 5 heteroatoms. The van der Waals surface area contributed by atoms with Crippen molar-refractivity contribution in [3.05, 3.63) is 18.0 Å². The normalized spacial score (nSPS) is 21.4. The highest BCUT2D eigenvalue weighted by Crippen LogP contribution is 2.16. The summed E-state index contributed by atoms with van der Waals surface area (Å²) >= 11 is 0. The van der Waals surface area contributed by atoms with Gasteiger partial charge in [0, 0.05) is 37.1 Å². The zero-order valence-electron chi connectivity index (χ0n) is 11.3. The van der Waals surface area contributed by atoms with Gasteiger partial charge >= 0.3 is 0 Å². The van der Waals surface area contributed by atoms with Crippen LogP contribution < -0.4 is 5.73 Å². The van der Waals surface area contributed by atoms with E-state index in [1.54, 1.807) is 0 Å². The Hall–Kier alpha value is -1.20. The van der Waals surface area contributed by atoms with Crippen LogP contribution in [0.15, 0.2) is 12.4 Å². The lowest BCUT2D eigenvalue weighted by Crippen LogP contribution is -2.43. The number of nitrogens with two attached hydrogens (primary N) is 1. The Morgan fingerprint density at radius 1 is 1.39 bits per heavy atom. The molecule has 0 bridgehead atoms. The smallest absolute Gasteiger partial charge is 0.219 e. The Morgan fingerprint density at radius 2 is 2.11 bits per heavy atom. The molecule has 1 aliphatic rings. The van der Waals surface area contributed by atoms with Crippen molar-refractivity contribution in [1.82, 2.24) is 19.8 Å². The van der Waals surface area contributed by atoms with Crippen LogP contribution in [-0.2, 0) is 6.54 Å². The van der Waals surface area contributed by atoms with Crippen molar-refractivity contribution in [3.63, 3.8) is 0 Å². The van der Waals surface area contributed by atoms with Crippen LogP contribution in [0.5, 0.6) is 0 Å². The summed E-state index contributed by atoms with van der Waals surface area (Å²) in [5.74, 6) is 0.341. The molecule has 0 amide bonds. The molecule has 1 aliphatic heterocycles. The molecule has 1 saturated heterocycles. The summed E-state index contributed by atoms with van der Waals surface area (Å²) in [6.07, 6.45) is 7.61. The molecule has 2 rings (SSSR count). The van der Waals surface area contributed by atoms with Crippen molar-refractivity contribution in [2.75, 3.05) is 32.9 Å². The summed E-state index contributed by atoms with van der Waals surface area (Å²) in [7, 11) is 4.38. The average molecular weight is 249 g/mol. The maximum absolute atomic E-state index is 5.48. The van der Waals surface area contributed by atoms with Crippen LogP contribution in [0.25, 0.3) is 0 Å². The molecule has 2 N–H and O–H groups in total. The van der Waals surface area contributed by atoms with Crippen LogP contribution >= 0.6 is 0 Å². The standard InChI is InChI=1S/C13H23N5/c1-17(9-11-7-15-13(14)16-8-11)10-12-5-3-4-6-18(12)2/h7-8,12H,3-6,9-10H2,1-2H3,(H2,14,15,16). The Balaban J connectivity index is 1.84. The van der Waals surface area contributed by atoms with E-state index in [2.05, 4.69) is 33.9 Å². The van der Waals surface area contributed by atoms with Crippen molar-refractivity contribution in [2.24, 2.45) is 0 Å². The third-order valence-electron chi connectivity index (χ3n) is 3.62. The molecule has 0 saturated carbocycles. The van der Waals surface area contributed by atoms with Crippen molar-refractivity contribution in [2.45, 2.75) is 31.8 Å². The monoisotopic (exact) mass is 249 g/mol. The van der Waals surface area contributed by atoms with Gasteiger partial charge in [-0.2, -0.15) is 0 Å². The van der Waals surface area contributed by atoms with Gasteiger partial charge in [0.15, 0.2) is 0 Å². The third-order valence-corrected chi connectivity index (χ3v) is 3.62. The number of likely N-dealkylation sites (N-methyl/N-ethyl adjacent to an activating group) is 2. The van der Waals surface area contributed by atoms with E-state index in [1.165, 1.54) is 25.8 Å². The molecule has 5 nitrogen and oxygen atoms in total. The van der Waals surface area contributed by atoms with Gasteiger partial charge in [-0.1, -0.05) is 6.42 Å². The number of piperidine rings is 1. The maximum atomic E-state index is 5.48. The minimum atomic E-state index is 0.341. The van der Waals surface area contributed by atoms with E-state index in [0.29, 0.717) is 12.0 Å². The first-order chi connectivity index (χ1) is 8.65. The second-order valence-electron chi connectivity index (χ2n) is 5.28. The predicted octanol–water partition coefficient (Wildman–Crippen LogP) is 0.975. The fraction of sp³-hybridized carbons (Fsp3) is 0.692. The molecule has 1 aromatic rings. The predicted molar refractivity (Wildman–Crippen MR) is 73.0 cm³/mol. The van der Waals surface area contributed by atoms with E-state index in [1.807, 2.05) is 12.4 Å². The van der Waals surface area contributed by atoms with Gasteiger partial charge < -0.3 is 15.5 Å². The molecule has 100 valence electrons. The zero-order chi connectivity index (χ0) is 13.0. The number of anilines is 1. The molecule has 1 unspecified atom stereocenters. The Bertz CT molecular complexity index is 364. The van der Waals surface area contributed by atoms with Crippen molar-refractivity contribution in [3.8, 4) is 0 Å². The van der Waals surface area contributed by atoms with Crippen LogP contribution in [0.2, 0.25) is 0 Å². The summed E-state index contributed by atoms with van der Waals surface area (Å²) < 4.78 is 0. The molecule has 1 fully saturated rings. The summed E-state index contributed by atoms with van der Waals surface area (Å²) in [6.45, 7) is 3.20. The van der Waals surface area contributed by atoms with Crippen LogP contribution in [0, 0.1) is 0 Å². The largest absolute Gasteiger partial charge is 0.368 e. The third kappa shape index (κ3) is 3.65. The van der Waals surface area contributed by atoms with Crippen molar-refractivity contribution >= 4 is 5.95 Å². The van der Waals surface area contributed by atoms with Gasteiger partial charge in [0.2, 0.25) is 5.95 Å². The molecular formula is C13H23N5. The number of nitrogen functional groups attached to an aromatic ring is 1. The molecule has 0 spiro atoms. The lowest BCUT2D eigenvalue weighted by molar-refractivity contribution is 0.138. The molecule has 2 heterocycles. The molecule has 1 aromatic heterocycles. The first-order valence-electron chi connectivity index (χ1n) is 6.60. The summed E-state index contributed by atoms with van der Waals surface area (Å²) in [5, 5.41) is 0. The minimum absolute atomic E-state index is 0.341. The fourth-order valence-corrected chi connectivity index (χ4v) is 2.56. The molecule has 18 heavy (non-hydrogen) atoms. The van der Waals surface area contributed by atoms with Gasteiger partial charge in [-0.15, -0.1) is 0 Å². The van der Waals surface area contributed by atoms with E-state index in [9.17, 15) is 0 Å². The Labute approximate surface area is 109 Å². The number of hydrogen-bond donors (Lipinski definition) is 1. The highest BCUT2D eigenvalue weighted by Gasteiger charge is 2.20. The van der Waals surface area contributed by atoms with Crippen LogP contribution in [0.1, 0.15) is 24.8 Å². The summed E-state index contributed by atoms with van der Waals surface area (Å²) in [4.78, 5) is 12.9. The first-order valence-corrected chi connectivity index (χ1v) is 6.60. The first kappa shape index (κ1) is 13.2. The SMILES string of the molecule is CN(Cc1cnc(N)nc1)CC1CCCCN1C. The quantitative estimate of drug-likeness (QED) is 0.862. The van der Waals surface area contributed by atoms with Gasteiger partial charge in [-0.3, -0.25) is 0 Å². The molecule has 0 radical (unpaired) electrons. The Kier molecular flexibility index (Phi) is 4.49. The van der Waals surface area contributed by atoms with Gasteiger partial charge in [-0.05, 0) is 33.5 Å². The second kappa shape index (κ2) is 6.11. The summed E-state index contributed by atoms with van der Waals surface area (Å²) in [6, 6.07) is 0.679. The highest BCUT2D eigenvalue weighted by atomic mass is 15.2.